The van der Waals surface area contributed by atoms with Gasteiger partial charge in [-0.2, -0.15) is 0 Å². The van der Waals surface area contributed by atoms with E-state index in [-0.39, 0.29) is 24.5 Å². The predicted molar refractivity (Wildman–Crippen MR) is 81.1 cm³/mol. The summed E-state index contributed by atoms with van der Waals surface area (Å²) in [6.45, 7) is 4.28. The lowest BCUT2D eigenvalue weighted by Gasteiger charge is -2.30. The third-order valence-electron chi connectivity index (χ3n) is 3.69. The van der Waals surface area contributed by atoms with Crippen molar-refractivity contribution in [3.63, 3.8) is 0 Å². The number of ether oxygens (including phenoxy) is 2. The molecule has 0 saturated carbocycles. The highest BCUT2D eigenvalue weighted by Crippen LogP contribution is 2.30. The van der Waals surface area contributed by atoms with Crippen molar-refractivity contribution in [2.45, 2.75) is 13.0 Å². The van der Waals surface area contributed by atoms with Crippen molar-refractivity contribution < 1.29 is 19.1 Å². The summed E-state index contributed by atoms with van der Waals surface area (Å²) in [6.07, 6.45) is 0. The molecule has 118 valence electrons. The maximum atomic E-state index is 12.4. The number of anilines is 2. The second-order valence-corrected chi connectivity index (χ2v) is 5.35. The van der Waals surface area contributed by atoms with Crippen LogP contribution >= 0.6 is 0 Å². The second-order valence-electron chi connectivity index (χ2n) is 5.35. The number of morpholine rings is 1. The Morgan fingerprint density at radius 1 is 1.36 bits per heavy atom. The summed E-state index contributed by atoms with van der Waals surface area (Å²) in [6, 6.07) is 5.04. The van der Waals surface area contributed by atoms with Crippen LogP contribution in [0.1, 0.15) is 6.92 Å². The topological polar surface area (TPSA) is 79.9 Å². The average Bonchev–Trinajstić information content (AvgIpc) is 2.54. The van der Waals surface area contributed by atoms with Crippen LogP contribution in [-0.4, -0.2) is 55.7 Å². The molecule has 0 aliphatic carbocycles. The molecule has 2 aliphatic heterocycles. The molecule has 0 aromatic heterocycles. The number of fused-ring (bicyclic) bond motifs is 1. The highest BCUT2D eigenvalue weighted by atomic mass is 16.5. The van der Waals surface area contributed by atoms with Crippen molar-refractivity contribution in [2.75, 3.05) is 43.5 Å². The lowest BCUT2D eigenvalue weighted by Crippen LogP contribution is -2.47. The van der Waals surface area contributed by atoms with Crippen molar-refractivity contribution in [2.24, 2.45) is 0 Å². The summed E-state index contributed by atoms with van der Waals surface area (Å²) in [4.78, 5) is 25.5. The number of nitrogens with one attached hydrogen (secondary N) is 2. The first-order valence-corrected chi connectivity index (χ1v) is 7.33. The van der Waals surface area contributed by atoms with E-state index in [0.29, 0.717) is 37.7 Å². The van der Waals surface area contributed by atoms with Crippen LogP contribution in [0, 0.1) is 0 Å². The zero-order valence-electron chi connectivity index (χ0n) is 12.4. The van der Waals surface area contributed by atoms with Gasteiger partial charge < -0.3 is 25.0 Å². The van der Waals surface area contributed by atoms with E-state index in [2.05, 4.69) is 10.6 Å². The molecular formula is C15H19N3O4. The molecule has 7 heteroatoms. The van der Waals surface area contributed by atoms with Crippen molar-refractivity contribution in [3.05, 3.63) is 18.2 Å². The van der Waals surface area contributed by atoms with Gasteiger partial charge in [0.25, 0.3) is 5.91 Å². The molecule has 1 atom stereocenters. The SMILES string of the molecule is CC(Nc1ccc2c(c1)NC(=O)CO2)C(=O)N1CCOCC1. The molecule has 1 aromatic carbocycles. The summed E-state index contributed by atoms with van der Waals surface area (Å²) in [5.41, 5.74) is 1.38. The largest absolute Gasteiger partial charge is 0.482 e. The smallest absolute Gasteiger partial charge is 0.262 e. The number of hydrogen-bond donors (Lipinski definition) is 2. The lowest BCUT2D eigenvalue weighted by molar-refractivity contribution is -0.135. The first kappa shape index (κ1) is 14.6. The third-order valence-corrected chi connectivity index (χ3v) is 3.69. The fraction of sp³-hybridized carbons (Fsp3) is 0.467. The monoisotopic (exact) mass is 305 g/mol. The Morgan fingerprint density at radius 2 is 2.14 bits per heavy atom. The first-order chi connectivity index (χ1) is 10.6. The molecule has 3 rings (SSSR count). The van der Waals surface area contributed by atoms with Crippen molar-refractivity contribution in [1.29, 1.82) is 0 Å². The Labute approximate surface area is 128 Å². The summed E-state index contributed by atoms with van der Waals surface area (Å²) >= 11 is 0. The van der Waals surface area contributed by atoms with Crippen molar-refractivity contribution in [1.82, 2.24) is 4.90 Å². The zero-order valence-corrected chi connectivity index (χ0v) is 12.4. The van der Waals surface area contributed by atoms with E-state index in [0.717, 1.165) is 5.69 Å². The molecule has 22 heavy (non-hydrogen) atoms. The molecule has 1 unspecified atom stereocenters. The average molecular weight is 305 g/mol. The zero-order chi connectivity index (χ0) is 15.5. The molecule has 1 fully saturated rings. The van der Waals surface area contributed by atoms with Gasteiger partial charge in [-0.15, -0.1) is 0 Å². The highest BCUT2D eigenvalue weighted by Gasteiger charge is 2.23. The van der Waals surface area contributed by atoms with Crippen LogP contribution in [0.5, 0.6) is 5.75 Å². The number of rotatable bonds is 3. The number of benzene rings is 1. The van der Waals surface area contributed by atoms with Gasteiger partial charge in [-0.05, 0) is 25.1 Å². The van der Waals surface area contributed by atoms with Gasteiger partial charge in [-0.3, -0.25) is 9.59 Å². The van der Waals surface area contributed by atoms with Crippen molar-refractivity contribution in [3.8, 4) is 5.75 Å². The minimum Gasteiger partial charge on any atom is -0.482 e. The Hall–Kier alpha value is -2.28. The van der Waals surface area contributed by atoms with Crippen molar-refractivity contribution >= 4 is 23.2 Å². The first-order valence-electron chi connectivity index (χ1n) is 7.33. The highest BCUT2D eigenvalue weighted by molar-refractivity contribution is 5.96. The van der Waals surface area contributed by atoms with E-state index < -0.39 is 0 Å². The van der Waals surface area contributed by atoms with Crippen LogP contribution in [0.3, 0.4) is 0 Å². The number of amides is 2. The number of nitrogens with zero attached hydrogens (tertiary/aromatic N) is 1. The molecule has 2 N–H and O–H groups in total. The van der Waals surface area contributed by atoms with E-state index in [4.69, 9.17) is 9.47 Å². The van der Waals surface area contributed by atoms with E-state index in [1.54, 1.807) is 17.0 Å². The summed E-state index contributed by atoms with van der Waals surface area (Å²) in [5.74, 6) is 0.501. The van der Waals surface area contributed by atoms with Crippen LogP contribution in [0.25, 0.3) is 0 Å². The van der Waals surface area contributed by atoms with Gasteiger partial charge >= 0.3 is 0 Å². The van der Waals surface area contributed by atoms with Gasteiger partial charge in [0, 0.05) is 18.8 Å². The van der Waals surface area contributed by atoms with Crippen LogP contribution in [-0.2, 0) is 14.3 Å². The summed E-state index contributed by atoms with van der Waals surface area (Å²) < 4.78 is 10.6. The molecule has 2 amide bonds. The third kappa shape index (κ3) is 3.14. The van der Waals surface area contributed by atoms with Crippen LogP contribution in [0.15, 0.2) is 18.2 Å². The molecule has 0 spiro atoms. The molecule has 1 saturated heterocycles. The van der Waals surface area contributed by atoms with E-state index >= 15 is 0 Å². The van der Waals surface area contributed by atoms with E-state index in [9.17, 15) is 9.59 Å². The standard InChI is InChI=1S/C15H19N3O4/c1-10(15(20)18-4-6-21-7-5-18)16-11-2-3-13-12(8-11)17-14(19)9-22-13/h2-3,8,10,16H,4-7,9H2,1H3,(H,17,19). The van der Waals surface area contributed by atoms with Crippen LogP contribution < -0.4 is 15.4 Å². The minimum atomic E-state index is -0.351. The van der Waals surface area contributed by atoms with Gasteiger partial charge in [0.15, 0.2) is 6.61 Å². The van der Waals surface area contributed by atoms with Gasteiger partial charge in [-0.1, -0.05) is 0 Å². The Kier molecular flexibility index (Phi) is 4.15. The molecule has 0 radical (unpaired) electrons. The maximum Gasteiger partial charge on any atom is 0.262 e. The quantitative estimate of drug-likeness (QED) is 0.858. The molecule has 2 heterocycles. The summed E-state index contributed by atoms with van der Waals surface area (Å²) in [5, 5.41) is 5.92. The Morgan fingerprint density at radius 3 is 2.91 bits per heavy atom. The van der Waals surface area contributed by atoms with Gasteiger partial charge in [0.05, 0.1) is 18.9 Å². The molecule has 1 aromatic rings. The fourth-order valence-electron chi connectivity index (χ4n) is 2.54. The van der Waals surface area contributed by atoms with Gasteiger partial charge in [0.2, 0.25) is 5.91 Å². The Bertz CT molecular complexity index is 584. The summed E-state index contributed by atoms with van der Waals surface area (Å²) in [7, 11) is 0. The minimum absolute atomic E-state index is 0.0334. The Balaban J connectivity index is 1.66. The molecule has 0 bridgehead atoms. The van der Waals surface area contributed by atoms with E-state index in [1.165, 1.54) is 0 Å². The van der Waals surface area contributed by atoms with Crippen LogP contribution in [0.2, 0.25) is 0 Å². The molecule has 2 aliphatic rings. The number of carbonyl (C=O) groups is 2. The van der Waals surface area contributed by atoms with Gasteiger partial charge in [0.1, 0.15) is 11.8 Å². The maximum absolute atomic E-state index is 12.4. The predicted octanol–water partition coefficient (Wildman–Crippen LogP) is 0.677. The van der Waals surface area contributed by atoms with Crippen LogP contribution in [0.4, 0.5) is 11.4 Å². The lowest BCUT2D eigenvalue weighted by atomic mass is 10.2. The molecule has 7 nitrogen and oxygen atoms in total. The number of hydrogen-bond acceptors (Lipinski definition) is 5. The normalized spacial score (nSPS) is 18.8. The van der Waals surface area contributed by atoms with Gasteiger partial charge in [-0.25, -0.2) is 0 Å². The number of carbonyl (C=O) groups excluding carboxylic acids is 2. The molecular weight excluding hydrogens is 286 g/mol. The second kappa shape index (κ2) is 6.23. The fourth-order valence-corrected chi connectivity index (χ4v) is 2.54. The van der Waals surface area contributed by atoms with E-state index in [1.807, 2.05) is 13.0 Å².